The van der Waals surface area contributed by atoms with Crippen LogP contribution in [0.25, 0.3) is 0 Å². The van der Waals surface area contributed by atoms with Crippen molar-refractivity contribution < 1.29 is 13.9 Å². The number of nitrogens with one attached hydrogen (secondary N) is 2. The first-order valence-corrected chi connectivity index (χ1v) is 6.67. The number of ether oxygens (including phenoxy) is 1. The van der Waals surface area contributed by atoms with Crippen LogP contribution in [0.5, 0.6) is 0 Å². The lowest BCUT2D eigenvalue weighted by molar-refractivity contribution is 0.0925. The Kier molecular flexibility index (Phi) is 6.97. The summed E-state index contributed by atoms with van der Waals surface area (Å²) in [6, 6.07) is 4.23. The smallest absolute Gasteiger partial charge is 0.253 e. The molecular weight excluding hydrogens is 261 g/mol. The summed E-state index contributed by atoms with van der Waals surface area (Å²) in [6.45, 7) is 5.92. The molecule has 0 aliphatic heterocycles. The van der Waals surface area contributed by atoms with E-state index < -0.39 is 5.82 Å². The van der Waals surface area contributed by atoms with E-state index in [9.17, 15) is 9.18 Å². The average Bonchev–Trinajstić information content (AvgIpc) is 2.41. The van der Waals surface area contributed by atoms with Gasteiger partial charge in [0.25, 0.3) is 5.91 Å². The van der Waals surface area contributed by atoms with Gasteiger partial charge in [0, 0.05) is 19.8 Å². The van der Waals surface area contributed by atoms with Gasteiger partial charge in [-0.05, 0) is 24.5 Å². The van der Waals surface area contributed by atoms with E-state index in [-0.39, 0.29) is 17.2 Å². The Morgan fingerprint density at radius 1 is 1.45 bits per heavy atom. The molecule has 1 aromatic rings. The van der Waals surface area contributed by atoms with Gasteiger partial charge in [-0.25, -0.2) is 4.39 Å². The minimum absolute atomic E-state index is 0.000979. The molecule has 6 heteroatoms. The van der Waals surface area contributed by atoms with Gasteiger partial charge in [-0.3, -0.25) is 10.6 Å². The third kappa shape index (κ3) is 5.14. The van der Waals surface area contributed by atoms with Gasteiger partial charge in [0.15, 0.2) is 0 Å². The molecule has 0 bridgehead atoms. The number of carbonyl (C=O) groups is 1. The SMILES string of the molecule is CC(C)COCCCNC(=O)c1cccc(F)c1NN. The number of carbonyl (C=O) groups excluding carboxylic acids is 1. The van der Waals surface area contributed by atoms with Crippen molar-refractivity contribution in [2.24, 2.45) is 11.8 Å². The first-order valence-electron chi connectivity index (χ1n) is 6.67. The number of benzene rings is 1. The number of hydrogen-bond donors (Lipinski definition) is 3. The Balaban J connectivity index is 2.38. The number of halogens is 1. The van der Waals surface area contributed by atoms with Gasteiger partial charge in [0.2, 0.25) is 0 Å². The van der Waals surface area contributed by atoms with Crippen LogP contribution in [0.2, 0.25) is 0 Å². The van der Waals surface area contributed by atoms with Crippen molar-refractivity contribution in [1.29, 1.82) is 0 Å². The second kappa shape index (κ2) is 8.50. The van der Waals surface area contributed by atoms with Gasteiger partial charge in [-0.1, -0.05) is 19.9 Å². The Morgan fingerprint density at radius 3 is 2.85 bits per heavy atom. The Hall–Kier alpha value is -1.66. The van der Waals surface area contributed by atoms with Crippen LogP contribution in [0.1, 0.15) is 30.6 Å². The number of nitrogen functional groups attached to an aromatic ring is 1. The van der Waals surface area contributed by atoms with Crippen molar-refractivity contribution in [3.8, 4) is 0 Å². The molecule has 1 aromatic carbocycles. The summed E-state index contributed by atoms with van der Waals surface area (Å²) < 4.78 is 18.8. The van der Waals surface area contributed by atoms with E-state index in [1.807, 2.05) is 0 Å². The normalized spacial score (nSPS) is 10.7. The Bertz CT molecular complexity index is 438. The summed E-state index contributed by atoms with van der Waals surface area (Å²) in [7, 11) is 0. The molecule has 0 heterocycles. The molecule has 0 saturated carbocycles. The summed E-state index contributed by atoms with van der Waals surface area (Å²) in [5.74, 6) is 4.80. The lowest BCUT2D eigenvalue weighted by Gasteiger charge is -2.11. The predicted octanol–water partition coefficient (Wildman–Crippen LogP) is 1.90. The number of anilines is 1. The maximum absolute atomic E-state index is 13.4. The molecule has 20 heavy (non-hydrogen) atoms. The molecule has 0 radical (unpaired) electrons. The van der Waals surface area contributed by atoms with E-state index in [0.717, 1.165) is 0 Å². The van der Waals surface area contributed by atoms with Gasteiger partial charge in [0.1, 0.15) is 5.82 Å². The molecule has 1 amide bonds. The largest absolute Gasteiger partial charge is 0.381 e. The van der Waals surface area contributed by atoms with Gasteiger partial charge in [-0.2, -0.15) is 0 Å². The molecule has 112 valence electrons. The average molecular weight is 283 g/mol. The van der Waals surface area contributed by atoms with Crippen LogP contribution in [0.4, 0.5) is 10.1 Å². The van der Waals surface area contributed by atoms with Crippen LogP contribution in [0.15, 0.2) is 18.2 Å². The molecule has 0 aromatic heterocycles. The van der Waals surface area contributed by atoms with Crippen molar-refractivity contribution in [1.82, 2.24) is 5.32 Å². The van der Waals surface area contributed by atoms with Crippen molar-refractivity contribution in [2.45, 2.75) is 20.3 Å². The number of rotatable bonds is 8. The van der Waals surface area contributed by atoms with Crippen LogP contribution >= 0.6 is 0 Å². The predicted molar refractivity (Wildman–Crippen MR) is 76.8 cm³/mol. The molecule has 0 unspecified atom stereocenters. The maximum atomic E-state index is 13.4. The number of para-hydroxylation sites is 1. The molecule has 0 saturated heterocycles. The standard InChI is InChI=1S/C14H22FN3O2/c1-10(2)9-20-8-4-7-17-14(19)11-5-3-6-12(15)13(11)18-16/h3,5-6,10,18H,4,7-9,16H2,1-2H3,(H,17,19). The molecule has 5 nitrogen and oxygen atoms in total. The summed E-state index contributed by atoms with van der Waals surface area (Å²) in [5.41, 5.74) is 2.40. The molecule has 0 aliphatic carbocycles. The number of nitrogens with two attached hydrogens (primary N) is 1. The third-order valence-corrected chi connectivity index (χ3v) is 2.60. The lowest BCUT2D eigenvalue weighted by Crippen LogP contribution is -2.27. The molecule has 0 fully saturated rings. The zero-order valence-electron chi connectivity index (χ0n) is 11.9. The summed E-state index contributed by atoms with van der Waals surface area (Å²) in [5, 5.41) is 2.71. The van der Waals surface area contributed by atoms with Gasteiger partial charge >= 0.3 is 0 Å². The first kappa shape index (κ1) is 16.4. The molecule has 1 rings (SSSR count). The minimum atomic E-state index is -0.555. The molecule has 0 aliphatic rings. The Labute approximate surface area is 118 Å². The van der Waals surface area contributed by atoms with E-state index in [0.29, 0.717) is 32.1 Å². The topological polar surface area (TPSA) is 76.4 Å². The van der Waals surface area contributed by atoms with Crippen molar-refractivity contribution in [3.63, 3.8) is 0 Å². The second-order valence-electron chi connectivity index (χ2n) is 4.88. The van der Waals surface area contributed by atoms with Crippen LogP contribution in [0, 0.1) is 11.7 Å². The minimum Gasteiger partial charge on any atom is -0.381 e. The zero-order chi connectivity index (χ0) is 15.0. The van der Waals surface area contributed by atoms with Crippen LogP contribution in [-0.2, 0) is 4.74 Å². The maximum Gasteiger partial charge on any atom is 0.253 e. The fourth-order valence-corrected chi connectivity index (χ4v) is 1.65. The van der Waals surface area contributed by atoms with E-state index in [2.05, 4.69) is 24.6 Å². The molecular formula is C14H22FN3O2. The highest BCUT2D eigenvalue weighted by atomic mass is 19.1. The highest BCUT2D eigenvalue weighted by Crippen LogP contribution is 2.18. The van der Waals surface area contributed by atoms with Gasteiger partial charge in [0.05, 0.1) is 11.3 Å². The molecule has 0 spiro atoms. The van der Waals surface area contributed by atoms with E-state index in [1.165, 1.54) is 18.2 Å². The van der Waals surface area contributed by atoms with Crippen LogP contribution in [0.3, 0.4) is 0 Å². The Morgan fingerprint density at radius 2 is 2.20 bits per heavy atom. The number of amides is 1. The van der Waals surface area contributed by atoms with Crippen molar-refractivity contribution in [2.75, 3.05) is 25.2 Å². The van der Waals surface area contributed by atoms with Gasteiger partial charge < -0.3 is 15.5 Å². The van der Waals surface area contributed by atoms with E-state index in [4.69, 9.17) is 10.6 Å². The fraction of sp³-hybridized carbons (Fsp3) is 0.500. The second-order valence-corrected chi connectivity index (χ2v) is 4.88. The first-order chi connectivity index (χ1) is 9.56. The summed E-state index contributed by atoms with van der Waals surface area (Å²) >= 11 is 0. The summed E-state index contributed by atoms with van der Waals surface area (Å²) in [4.78, 5) is 11.9. The number of hydrazine groups is 1. The highest BCUT2D eigenvalue weighted by molar-refractivity contribution is 5.99. The quantitative estimate of drug-likeness (QED) is 0.387. The molecule has 4 N–H and O–H groups in total. The fourth-order valence-electron chi connectivity index (χ4n) is 1.65. The summed E-state index contributed by atoms with van der Waals surface area (Å²) in [6.07, 6.45) is 0.708. The lowest BCUT2D eigenvalue weighted by atomic mass is 10.1. The highest BCUT2D eigenvalue weighted by Gasteiger charge is 2.13. The van der Waals surface area contributed by atoms with Crippen LogP contribution < -0.4 is 16.6 Å². The van der Waals surface area contributed by atoms with E-state index in [1.54, 1.807) is 0 Å². The number of hydrogen-bond acceptors (Lipinski definition) is 4. The zero-order valence-corrected chi connectivity index (χ0v) is 11.9. The van der Waals surface area contributed by atoms with Crippen molar-refractivity contribution >= 4 is 11.6 Å². The monoisotopic (exact) mass is 283 g/mol. The van der Waals surface area contributed by atoms with Crippen molar-refractivity contribution in [3.05, 3.63) is 29.6 Å². The van der Waals surface area contributed by atoms with Crippen LogP contribution in [-0.4, -0.2) is 25.7 Å². The van der Waals surface area contributed by atoms with E-state index >= 15 is 0 Å². The third-order valence-electron chi connectivity index (χ3n) is 2.60. The van der Waals surface area contributed by atoms with Gasteiger partial charge in [-0.15, -0.1) is 0 Å². The molecule has 0 atom stereocenters.